The highest BCUT2D eigenvalue weighted by molar-refractivity contribution is 4.75. The molecule has 0 aliphatic carbocycles. The molecule has 0 unspecified atom stereocenters. The molecular weight excluding hydrogens is 192 g/mol. The average molecular weight is 224 g/mol. The van der Waals surface area contributed by atoms with Crippen LogP contribution in [0.2, 0.25) is 0 Å². The maximum Gasteiger partial charge on any atom is -0.0353 e. The van der Waals surface area contributed by atoms with Gasteiger partial charge in [-0.15, -0.1) is 0 Å². The van der Waals surface area contributed by atoms with E-state index in [0.29, 0.717) is 0 Å². The summed E-state index contributed by atoms with van der Waals surface area (Å²) in [5, 5.41) is 0. The van der Waals surface area contributed by atoms with Crippen LogP contribution >= 0.6 is 0 Å². The Morgan fingerprint density at radius 1 is 0.625 bits per heavy atom. The maximum atomic E-state index is 2.18. The number of hydrogen-bond acceptors (Lipinski definition) is 0. The molecule has 96 valence electrons. The highest BCUT2D eigenvalue weighted by atomic mass is 13.7. The van der Waals surface area contributed by atoms with E-state index in [9.17, 15) is 0 Å². The van der Waals surface area contributed by atoms with Gasteiger partial charge in [0.05, 0.1) is 0 Å². The highest BCUT2D eigenvalue weighted by Crippen LogP contribution is 1.85. The molecule has 0 aromatic heterocycles. The molecule has 0 nitrogen and oxygen atoms in total. The number of allylic oxidation sites excluding steroid dienone is 6. The Hall–Kier alpha value is -0.780. The fraction of sp³-hybridized carbons (Fsp3) is 0.625. The molecule has 0 aromatic rings. The van der Waals surface area contributed by atoms with Crippen LogP contribution in [-0.2, 0) is 0 Å². The van der Waals surface area contributed by atoms with Crippen LogP contribution in [0.5, 0.6) is 0 Å². The normalized spacial score (nSPS) is 10.1. The predicted octanol–water partition coefficient (Wildman–Crippen LogP) is 6.31. The Kier molecular flexibility index (Phi) is 37.7. The molecule has 0 aliphatic rings. The molecular formula is C16H32. The van der Waals surface area contributed by atoms with Crippen molar-refractivity contribution in [3.05, 3.63) is 36.5 Å². The maximum absolute atomic E-state index is 2.18. The van der Waals surface area contributed by atoms with Crippen molar-refractivity contribution in [1.82, 2.24) is 0 Å². The van der Waals surface area contributed by atoms with E-state index in [4.69, 9.17) is 0 Å². The van der Waals surface area contributed by atoms with Gasteiger partial charge in [0.25, 0.3) is 0 Å². The molecule has 0 amide bonds. The Balaban J connectivity index is -0.000000160. The van der Waals surface area contributed by atoms with Crippen LogP contribution in [0, 0.1) is 0 Å². The summed E-state index contributed by atoms with van der Waals surface area (Å²) < 4.78 is 0. The second-order valence-electron chi connectivity index (χ2n) is 3.31. The Morgan fingerprint density at radius 3 is 1.06 bits per heavy atom. The van der Waals surface area contributed by atoms with Gasteiger partial charge in [0, 0.05) is 0 Å². The van der Waals surface area contributed by atoms with Crippen molar-refractivity contribution in [2.24, 2.45) is 0 Å². The Bertz CT molecular complexity index is 137. The van der Waals surface area contributed by atoms with Crippen LogP contribution < -0.4 is 0 Å². The van der Waals surface area contributed by atoms with E-state index in [1.165, 1.54) is 12.8 Å². The first-order chi connectivity index (χ1) is 7.74. The minimum atomic E-state index is 1.16. The summed E-state index contributed by atoms with van der Waals surface area (Å²) in [5.74, 6) is 0. The summed E-state index contributed by atoms with van der Waals surface area (Å²) in [6, 6.07) is 0. The second-order valence-corrected chi connectivity index (χ2v) is 3.31. The highest BCUT2D eigenvalue weighted by Gasteiger charge is 1.64. The number of unbranched alkanes of at least 4 members (excludes halogenated alkanes) is 1. The fourth-order valence-electron chi connectivity index (χ4n) is 0.805. The molecule has 0 aliphatic heterocycles. The molecule has 0 radical (unpaired) electrons. The fourth-order valence-corrected chi connectivity index (χ4v) is 0.805. The molecule has 0 atom stereocenters. The molecule has 0 rings (SSSR count). The van der Waals surface area contributed by atoms with Crippen LogP contribution in [-0.4, -0.2) is 0 Å². The zero-order valence-electron chi connectivity index (χ0n) is 12.3. The summed E-state index contributed by atoms with van der Waals surface area (Å²) in [6.07, 6.45) is 17.5. The largest absolute Gasteiger partial charge is 0.0917 e. The molecule has 0 spiro atoms. The van der Waals surface area contributed by atoms with Gasteiger partial charge in [-0.1, -0.05) is 63.6 Å². The van der Waals surface area contributed by atoms with E-state index in [0.717, 1.165) is 12.8 Å². The Morgan fingerprint density at radius 2 is 1.00 bits per heavy atom. The van der Waals surface area contributed by atoms with Crippen LogP contribution in [0.1, 0.15) is 67.2 Å². The van der Waals surface area contributed by atoms with Gasteiger partial charge in [0.2, 0.25) is 0 Å². The van der Waals surface area contributed by atoms with Gasteiger partial charge < -0.3 is 0 Å². The van der Waals surface area contributed by atoms with Crippen molar-refractivity contribution >= 4 is 0 Å². The first kappa shape index (κ1) is 20.6. The predicted molar refractivity (Wildman–Crippen MR) is 79.9 cm³/mol. The van der Waals surface area contributed by atoms with Crippen molar-refractivity contribution in [3.63, 3.8) is 0 Å². The summed E-state index contributed by atoms with van der Waals surface area (Å²) in [5.41, 5.74) is 0. The van der Waals surface area contributed by atoms with E-state index < -0.39 is 0 Å². The lowest BCUT2D eigenvalue weighted by Crippen LogP contribution is -1.55. The smallest absolute Gasteiger partial charge is 0.0353 e. The van der Waals surface area contributed by atoms with Gasteiger partial charge in [-0.2, -0.15) is 0 Å². The summed E-state index contributed by atoms with van der Waals surface area (Å²) >= 11 is 0. The van der Waals surface area contributed by atoms with Gasteiger partial charge in [-0.25, -0.2) is 0 Å². The molecule has 0 saturated carbocycles. The molecule has 0 fully saturated rings. The third-order valence-electron chi connectivity index (χ3n) is 1.63. The van der Waals surface area contributed by atoms with E-state index in [-0.39, 0.29) is 0 Å². The first-order valence-electron chi connectivity index (χ1n) is 6.58. The number of hydrogen-bond donors (Lipinski definition) is 0. The van der Waals surface area contributed by atoms with Crippen LogP contribution in [0.3, 0.4) is 0 Å². The van der Waals surface area contributed by atoms with Gasteiger partial charge in [0.15, 0.2) is 0 Å². The molecule has 0 saturated heterocycles. The average Bonchev–Trinajstić information content (AvgIpc) is 2.30. The van der Waals surface area contributed by atoms with Crippen molar-refractivity contribution in [2.45, 2.75) is 67.2 Å². The minimum absolute atomic E-state index is 1.16. The lowest BCUT2D eigenvalue weighted by atomic mass is 10.3. The van der Waals surface area contributed by atoms with E-state index >= 15 is 0 Å². The van der Waals surface area contributed by atoms with Crippen LogP contribution in [0.25, 0.3) is 0 Å². The lowest BCUT2D eigenvalue weighted by Gasteiger charge is -1.76. The third kappa shape index (κ3) is 51.0. The van der Waals surface area contributed by atoms with Crippen LogP contribution in [0.4, 0.5) is 0 Å². The molecule has 0 N–H and O–H groups in total. The van der Waals surface area contributed by atoms with E-state index in [1.807, 2.05) is 13.8 Å². The zero-order valence-corrected chi connectivity index (χ0v) is 12.3. The lowest BCUT2D eigenvalue weighted by molar-refractivity contribution is 0.957. The molecule has 0 heterocycles. The monoisotopic (exact) mass is 224 g/mol. The van der Waals surface area contributed by atoms with E-state index in [1.54, 1.807) is 0 Å². The quantitative estimate of drug-likeness (QED) is 0.491. The van der Waals surface area contributed by atoms with Crippen molar-refractivity contribution < 1.29 is 0 Å². The van der Waals surface area contributed by atoms with Crippen molar-refractivity contribution in [3.8, 4) is 0 Å². The Labute approximate surface area is 104 Å². The van der Waals surface area contributed by atoms with Crippen molar-refractivity contribution in [1.29, 1.82) is 0 Å². The summed E-state index contributed by atoms with van der Waals surface area (Å²) in [4.78, 5) is 0. The summed E-state index contributed by atoms with van der Waals surface area (Å²) in [7, 11) is 0. The van der Waals surface area contributed by atoms with Gasteiger partial charge in [-0.3, -0.25) is 0 Å². The number of rotatable bonds is 4. The topological polar surface area (TPSA) is 0 Å². The first-order valence-corrected chi connectivity index (χ1v) is 6.58. The molecule has 0 bridgehead atoms. The van der Waals surface area contributed by atoms with Gasteiger partial charge in [0.1, 0.15) is 0 Å². The molecule has 0 heteroatoms. The molecule has 16 heavy (non-hydrogen) atoms. The SMILES string of the molecule is C/C=C/CC.C/C=C/CC.C/C=C/CCC. The third-order valence-corrected chi connectivity index (χ3v) is 1.63. The van der Waals surface area contributed by atoms with Crippen LogP contribution in [0.15, 0.2) is 36.5 Å². The standard InChI is InChI=1S/C6H12.2C5H10/c1-3-5-6-4-2;2*1-3-5-4-2/h3,5H,4,6H2,1-2H3;2*3,5H,4H2,1-2H3/b3*5-3+. The zero-order chi connectivity index (χ0) is 13.1. The van der Waals surface area contributed by atoms with Crippen molar-refractivity contribution in [2.75, 3.05) is 0 Å². The second kappa shape index (κ2) is 29.2. The minimum Gasteiger partial charge on any atom is -0.0917 e. The van der Waals surface area contributed by atoms with Gasteiger partial charge >= 0.3 is 0 Å². The van der Waals surface area contributed by atoms with Gasteiger partial charge in [-0.05, 0) is 40.0 Å². The summed E-state index contributed by atoms with van der Waals surface area (Å²) in [6.45, 7) is 12.5. The van der Waals surface area contributed by atoms with E-state index in [2.05, 4.69) is 64.2 Å². The molecule has 0 aromatic carbocycles.